The fourth-order valence-corrected chi connectivity index (χ4v) is 1.97. The maximum Gasteiger partial charge on any atom is 0.345 e. The molecule has 0 spiro atoms. The quantitative estimate of drug-likeness (QED) is 0.880. The zero-order chi connectivity index (χ0) is 15.4. The third-order valence-corrected chi connectivity index (χ3v) is 3.11. The predicted molar refractivity (Wildman–Crippen MR) is 75.0 cm³/mol. The Labute approximate surface area is 124 Å². The normalized spacial score (nSPS) is 10.4. The van der Waals surface area contributed by atoms with Crippen LogP contribution >= 0.6 is 11.6 Å². The number of hydrogen-bond acceptors (Lipinski definition) is 4. The topological polar surface area (TPSA) is 72.0 Å². The van der Waals surface area contributed by atoms with Gasteiger partial charge >= 0.3 is 5.97 Å². The molecule has 1 heterocycles. The Bertz CT molecular complexity index is 710. The number of carbonyl (C=O) groups is 1. The summed E-state index contributed by atoms with van der Waals surface area (Å²) in [7, 11) is 0. The molecule has 2 aromatic rings. The number of benzene rings is 1. The van der Waals surface area contributed by atoms with Gasteiger partial charge in [0.2, 0.25) is 0 Å². The number of aromatic amines is 1. The first kappa shape index (κ1) is 15.2. The number of rotatable bonds is 4. The van der Waals surface area contributed by atoms with E-state index in [4.69, 9.17) is 16.3 Å². The lowest BCUT2D eigenvalue weighted by Gasteiger charge is -2.06. The van der Waals surface area contributed by atoms with Crippen molar-refractivity contribution in [1.82, 2.24) is 9.97 Å². The van der Waals surface area contributed by atoms with Crippen LogP contribution in [0.4, 0.5) is 4.39 Å². The monoisotopic (exact) mass is 310 g/mol. The first-order valence-corrected chi connectivity index (χ1v) is 6.59. The van der Waals surface area contributed by atoms with Crippen LogP contribution in [-0.2, 0) is 11.2 Å². The maximum atomic E-state index is 13.7. The summed E-state index contributed by atoms with van der Waals surface area (Å²) < 4.78 is 18.4. The van der Waals surface area contributed by atoms with E-state index in [0.29, 0.717) is 0 Å². The minimum absolute atomic E-state index is 0.0177. The number of nitrogens with one attached hydrogen (secondary N) is 1. The van der Waals surface area contributed by atoms with E-state index in [2.05, 4.69) is 9.97 Å². The molecule has 1 N–H and O–H groups in total. The molecule has 0 bridgehead atoms. The van der Waals surface area contributed by atoms with Crippen molar-refractivity contribution in [3.63, 3.8) is 0 Å². The van der Waals surface area contributed by atoms with Gasteiger partial charge in [-0.1, -0.05) is 17.7 Å². The van der Waals surface area contributed by atoms with E-state index in [1.54, 1.807) is 13.0 Å². The van der Waals surface area contributed by atoms with Gasteiger partial charge in [-0.2, -0.15) is 0 Å². The lowest BCUT2D eigenvalue weighted by atomic mass is 10.1. The Morgan fingerprint density at radius 1 is 1.48 bits per heavy atom. The molecule has 5 nitrogen and oxygen atoms in total. The fraction of sp³-hybridized carbons (Fsp3) is 0.214. The van der Waals surface area contributed by atoms with Crippen molar-refractivity contribution < 1.29 is 13.9 Å². The van der Waals surface area contributed by atoms with Gasteiger partial charge in [-0.15, -0.1) is 0 Å². The molecule has 1 aromatic heterocycles. The van der Waals surface area contributed by atoms with Crippen LogP contribution in [0.25, 0.3) is 0 Å². The van der Waals surface area contributed by atoms with Gasteiger partial charge in [-0.25, -0.2) is 14.2 Å². The second-order valence-corrected chi connectivity index (χ2v) is 4.58. The zero-order valence-corrected chi connectivity index (χ0v) is 11.9. The van der Waals surface area contributed by atoms with Crippen LogP contribution < -0.4 is 5.56 Å². The average Bonchev–Trinajstić information content (AvgIpc) is 2.43. The van der Waals surface area contributed by atoms with Gasteiger partial charge in [-0.3, -0.25) is 4.79 Å². The first-order valence-electron chi connectivity index (χ1n) is 6.21. The van der Waals surface area contributed by atoms with E-state index < -0.39 is 17.3 Å². The highest BCUT2D eigenvalue weighted by molar-refractivity contribution is 6.31. The maximum absolute atomic E-state index is 13.7. The summed E-state index contributed by atoms with van der Waals surface area (Å²) in [6.07, 6.45) is 1.13. The van der Waals surface area contributed by atoms with Crippen molar-refractivity contribution in [2.75, 3.05) is 6.61 Å². The molecule has 0 aliphatic heterocycles. The fourth-order valence-electron chi connectivity index (χ4n) is 1.74. The van der Waals surface area contributed by atoms with Crippen LogP contribution in [0.1, 0.15) is 28.7 Å². The van der Waals surface area contributed by atoms with Crippen LogP contribution in [0, 0.1) is 5.82 Å². The van der Waals surface area contributed by atoms with Crippen molar-refractivity contribution >= 4 is 17.6 Å². The second-order valence-electron chi connectivity index (χ2n) is 4.17. The van der Waals surface area contributed by atoms with Crippen molar-refractivity contribution in [3.8, 4) is 0 Å². The molecular weight excluding hydrogens is 299 g/mol. The van der Waals surface area contributed by atoms with Gasteiger partial charge in [0.15, 0.2) is 0 Å². The van der Waals surface area contributed by atoms with E-state index >= 15 is 0 Å². The number of nitrogens with zero attached hydrogens (tertiary/aromatic N) is 1. The number of hydrogen-bond donors (Lipinski definition) is 1. The SMILES string of the molecule is CCOC(=O)c1cnc(Cc2c(F)cccc2Cl)[nH]c1=O. The lowest BCUT2D eigenvalue weighted by molar-refractivity contribution is 0.0523. The standard InChI is InChI=1S/C14H12ClFN2O3/c1-2-21-14(20)9-7-17-12(18-13(9)19)6-8-10(15)4-3-5-11(8)16/h3-5,7H,2,6H2,1H3,(H,17,18,19). The minimum atomic E-state index is -0.748. The number of aromatic nitrogens is 2. The van der Waals surface area contributed by atoms with Gasteiger partial charge in [-0.05, 0) is 19.1 Å². The highest BCUT2D eigenvalue weighted by Crippen LogP contribution is 2.20. The highest BCUT2D eigenvalue weighted by atomic mass is 35.5. The van der Waals surface area contributed by atoms with Crippen LogP contribution in [0.2, 0.25) is 5.02 Å². The highest BCUT2D eigenvalue weighted by Gasteiger charge is 2.14. The molecule has 0 atom stereocenters. The Morgan fingerprint density at radius 3 is 2.86 bits per heavy atom. The number of H-pyrrole nitrogens is 1. The molecular formula is C14H12ClFN2O3. The number of esters is 1. The molecule has 7 heteroatoms. The van der Waals surface area contributed by atoms with Gasteiger partial charge < -0.3 is 9.72 Å². The summed E-state index contributed by atoms with van der Waals surface area (Å²) in [5.74, 6) is -1.03. The first-order chi connectivity index (χ1) is 10.0. The van der Waals surface area contributed by atoms with Gasteiger partial charge in [0.25, 0.3) is 5.56 Å². The third kappa shape index (κ3) is 3.46. The molecule has 0 aliphatic carbocycles. The molecule has 0 unspecified atom stereocenters. The molecule has 110 valence electrons. The van der Waals surface area contributed by atoms with Crippen molar-refractivity contribution in [3.05, 3.63) is 62.5 Å². The second kappa shape index (κ2) is 6.49. The smallest absolute Gasteiger partial charge is 0.345 e. The molecule has 2 rings (SSSR count). The Morgan fingerprint density at radius 2 is 2.24 bits per heavy atom. The van der Waals surface area contributed by atoms with Crippen molar-refractivity contribution in [2.45, 2.75) is 13.3 Å². The Hall–Kier alpha value is -2.21. The Balaban J connectivity index is 2.29. The van der Waals surface area contributed by atoms with Crippen LogP contribution in [0.5, 0.6) is 0 Å². The molecule has 1 aromatic carbocycles. The largest absolute Gasteiger partial charge is 0.462 e. The molecule has 0 aliphatic rings. The molecule has 0 radical (unpaired) electrons. The van der Waals surface area contributed by atoms with E-state index in [9.17, 15) is 14.0 Å². The average molecular weight is 311 g/mol. The molecule has 0 saturated heterocycles. The molecule has 21 heavy (non-hydrogen) atoms. The molecule has 0 fully saturated rings. The van der Waals surface area contributed by atoms with Crippen molar-refractivity contribution in [1.29, 1.82) is 0 Å². The van der Waals surface area contributed by atoms with Gasteiger partial charge in [0, 0.05) is 23.2 Å². The van der Waals surface area contributed by atoms with E-state index in [1.165, 1.54) is 12.1 Å². The minimum Gasteiger partial charge on any atom is -0.462 e. The number of ether oxygens (including phenoxy) is 1. The van der Waals surface area contributed by atoms with Crippen molar-refractivity contribution in [2.24, 2.45) is 0 Å². The van der Waals surface area contributed by atoms with Crippen LogP contribution in [0.3, 0.4) is 0 Å². The van der Waals surface area contributed by atoms with E-state index in [0.717, 1.165) is 6.20 Å². The van der Waals surface area contributed by atoms with Crippen LogP contribution in [-0.4, -0.2) is 22.5 Å². The zero-order valence-electron chi connectivity index (χ0n) is 11.2. The predicted octanol–water partition coefficient (Wildman–Crippen LogP) is 2.33. The third-order valence-electron chi connectivity index (χ3n) is 2.75. The molecule has 0 saturated carbocycles. The molecule has 0 amide bonds. The summed E-state index contributed by atoms with van der Waals surface area (Å²) in [6.45, 7) is 1.79. The van der Waals surface area contributed by atoms with Gasteiger partial charge in [0.05, 0.1) is 6.61 Å². The van der Waals surface area contributed by atoms with E-state index in [1.807, 2.05) is 0 Å². The number of halogens is 2. The van der Waals surface area contributed by atoms with Gasteiger partial charge in [0.1, 0.15) is 17.2 Å². The lowest BCUT2D eigenvalue weighted by Crippen LogP contribution is -2.22. The Kier molecular flexibility index (Phi) is 4.70. The summed E-state index contributed by atoms with van der Waals surface area (Å²) >= 11 is 5.91. The summed E-state index contributed by atoms with van der Waals surface area (Å²) in [5.41, 5.74) is -0.600. The summed E-state index contributed by atoms with van der Waals surface area (Å²) in [6, 6.07) is 4.30. The van der Waals surface area contributed by atoms with Crippen LogP contribution in [0.15, 0.2) is 29.2 Å². The van der Waals surface area contributed by atoms with E-state index in [-0.39, 0.29) is 35.0 Å². The number of carbonyl (C=O) groups excluding carboxylic acids is 1. The summed E-state index contributed by atoms with van der Waals surface area (Å²) in [5, 5.41) is 0.243. The summed E-state index contributed by atoms with van der Waals surface area (Å²) in [4.78, 5) is 29.6.